The van der Waals surface area contributed by atoms with Crippen molar-refractivity contribution >= 4 is 33.4 Å². The number of nitrogens with zero attached hydrogens (tertiary/aromatic N) is 5. The summed E-state index contributed by atoms with van der Waals surface area (Å²) in [4.78, 5) is 23.5. The second-order valence-electron chi connectivity index (χ2n) is 8.66. The van der Waals surface area contributed by atoms with Crippen molar-refractivity contribution < 1.29 is 9.13 Å². The first-order chi connectivity index (χ1) is 15.6. The fourth-order valence-corrected chi connectivity index (χ4v) is 5.61. The van der Waals surface area contributed by atoms with E-state index in [9.17, 15) is 0 Å². The number of halogens is 1. The van der Waals surface area contributed by atoms with Crippen molar-refractivity contribution in [3.8, 4) is 11.8 Å². The molecule has 0 bridgehead atoms. The smallest absolute Gasteiger partial charge is 0.326 e. The van der Waals surface area contributed by atoms with Crippen LogP contribution in [-0.4, -0.2) is 50.7 Å². The molecule has 4 aromatic rings. The maximum absolute atomic E-state index is 15.3. The third-order valence-corrected chi connectivity index (χ3v) is 7.02. The summed E-state index contributed by atoms with van der Waals surface area (Å²) < 4.78 is 21.2. The zero-order valence-electron chi connectivity index (χ0n) is 17.6. The molecule has 162 valence electrons. The third kappa shape index (κ3) is 2.30. The van der Waals surface area contributed by atoms with E-state index < -0.39 is 0 Å². The van der Waals surface area contributed by atoms with Crippen LogP contribution in [0.5, 0.6) is 11.8 Å². The Hall–Kier alpha value is -3.53. The monoisotopic (exact) mass is 432 g/mol. The number of rotatable bonds is 3. The minimum Gasteiger partial charge on any atom is -0.421 e. The standard InChI is InChI=1S/C22H21FN8O/c1-9-26-7-10(8-27-9)32-22-29-19-17-16-12(13(23)6-14(24-2)18(16)28-19)5-15-11-3-4-25-20(11)31(15)21(17)30-22/h6-8,11,15,20,24-25H,3-5H2,1-2H3,(H,28,29,30)/t11-,15-,20+/m0/s1. The predicted molar refractivity (Wildman–Crippen MR) is 118 cm³/mol. The van der Waals surface area contributed by atoms with Crippen molar-refractivity contribution in [3.63, 3.8) is 0 Å². The molecule has 0 saturated carbocycles. The van der Waals surface area contributed by atoms with Crippen LogP contribution >= 0.6 is 0 Å². The van der Waals surface area contributed by atoms with E-state index in [2.05, 4.69) is 35.5 Å². The van der Waals surface area contributed by atoms with Gasteiger partial charge in [-0.15, -0.1) is 0 Å². The summed E-state index contributed by atoms with van der Waals surface area (Å²) in [5.74, 6) is 2.18. The van der Waals surface area contributed by atoms with Crippen LogP contribution in [0.15, 0.2) is 18.5 Å². The number of H-pyrrole nitrogens is 1. The van der Waals surface area contributed by atoms with Crippen molar-refractivity contribution in [1.29, 1.82) is 0 Å². The number of aromatic amines is 1. The van der Waals surface area contributed by atoms with Crippen molar-refractivity contribution in [2.75, 3.05) is 23.8 Å². The number of benzene rings is 1. The molecule has 3 aromatic heterocycles. The van der Waals surface area contributed by atoms with E-state index in [1.165, 1.54) is 0 Å². The van der Waals surface area contributed by atoms with Crippen LogP contribution < -0.4 is 20.3 Å². The Morgan fingerprint density at radius 1 is 1.22 bits per heavy atom. The minimum absolute atomic E-state index is 0.189. The van der Waals surface area contributed by atoms with Gasteiger partial charge < -0.3 is 19.9 Å². The number of aryl methyl sites for hydroxylation is 1. The fourth-order valence-electron chi connectivity index (χ4n) is 5.61. The maximum Gasteiger partial charge on any atom is 0.326 e. The normalized spacial score (nSPS) is 23.2. The molecule has 0 unspecified atom stereocenters. The van der Waals surface area contributed by atoms with Crippen LogP contribution in [0.1, 0.15) is 17.8 Å². The van der Waals surface area contributed by atoms with Crippen LogP contribution in [-0.2, 0) is 6.42 Å². The molecule has 0 radical (unpaired) electrons. The second kappa shape index (κ2) is 6.26. The van der Waals surface area contributed by atoms with Gasteiger partial charge in [-0.1, -0.05) is 0 Å². The minimum atomic E-state index is -0.193. The Bertz CT molecular complexity index is 1400. The zero-order chi connectivity index (χ0) is 21.6. The van der Waals surface area contributed by atoms with E-state index in [-0.39, 0.29) is 24.0 Å². The van der Waals surface area contributed by atoms with Crippen molar-refractivity contribution in [2.45, 2.75) is 32.0 Å². The highest BCUT2D eigenvalue weighted by Gasteiger charge is 2.53. The molecule has 0 spiro atoms. The molecule has 3 aliphatic heterocycles. The topological polar surface area (TPSA) is 104 Å². The van der Waals surface area contributed by atoms with Crippen LogP contribution in [0.3, 0.4) is 0 Å². The lowest BCUT2D eigenvalue weighted by Gasteiger charge is -2.52. The molecule has 2 saturated heterocycles. The highest BCUT2D eigenvalue weighted by Crippen LogP contribution is 2.50. The van der Waals surface area contributed by atoms with Crippen molar-refractivity contribution in [3.05, 3.63) is 35.7 Å². The molecule has 0 aliphatic carbocycles. The zero-order valence-corrected chi connectivity index (χ0v) is 17.6. The van der Waals surface area contributed by atoms with Gasteiger partial charge in [-0.3, -0.25) is 5.32 Å². The van der Waals surface area contributed by atoms with Gasteiger partial charge in [0.1, 0.15) is 23.1 Å². The number of hydrogen-bond acceptors (Lipinski definition) is 8. The van der Waals surface area contributed by atoms with Gasteiger partial charge in [0.15, 0.2) is 5.75 Å². The average molecular weight is 432 g/mol. The average Bonchev–Trinajstić information content (AvgIpc) is 3.33. The van der Waals surface area contributed by atoms with Gasteiger partial charge in [-0.25, -0.2) is 14.4 Å². The van der Waals surface area contributed by atoms with E-state index in [4.69, 9.17) is 9.72 Å². The number of nitrogens with one attached hydrogen (secondary N) is 3. The number of ether oxygens (including phenoxy) is 1. The molecule has 32 heavy (non-hydrogen) atoms. The summed E-state index contributed by atoms with van der Waals surface area (Å²) >= 11 is 0. The number of hydrogen-bond donors (Lipinski definition) is 3. The molecule has 2 fully saturated rings. The maximum atomic E-state index is 15.3. The van der Waals surface area contributed by atoms with Crippen LogP contribution in [0.4, 0.5) is 15.9 Å². The first kappa shape index (κ1) is 18.1. The van der Waals surface area contributed by atoms with Crippen molar-refractivity contribution in [2.24, 2.45) is 5.92 Å². The lowest BCUT2D eigenvalue weighted by Crippen LogP contribution is -2.66. The second-order valence-corrected chi connectivity index (χ2v) is 8.66. The summed E-state index contributed by atoms with van der Waals surface area (Å²) in [7, 11) is 1.79. The van der Waals surface area contributed by atoms with Gasteiger partial charge in [0.05, 0.1) is 35.1 Å². The van der Waals surface area contributed by atoms with Gasteiger partial charge in [0, 0.05) is 30.0 Å². The third-order valence-electron chi connectivity index (χ3n) is 7.02. The lowest BCUT2D eigenvalue weighted by molar-refractivity contribution is 0.219. The molecule has 10 heteroatoms. The van der Waals surface area contributed by atoms with Gasteiger partial charge in [-0.05, 0) is 32.4 Å². The molecule has 3 N–H and O–H groups in total. The SMILES string of the molecule is CNc1cc(F)c2c3c1[nH]c1nc(Oc4cnc(C)nc4)nc(c13)N1[C@@H](C2)[C@@H]2CCN[C@@H]21. The molecule has 3 aliphatic rings. The summed E-state index contributed by atoms with van der Waals surface area (Å²) in [6, 6.07) is 1.97. The first-order valence-electron chi connectivity index (χ1n) is 10.8. The van der Waals surface area contributed by atoms with Gasteiger partial charge in [0.2, 0.25) is 0 Å². The predicted octanol–water partition coefficient (Wildman–Crippen LogP) is 2.86. The number of anilines is 2. The Labute approximate surface area is 182 Å². The van der Waals surface area contributed by atoms with E-state index in [0.717, 1.165) is 40.6 Å². The molecular weight excluding hydrogens is 411 g/mol. The summed E-state index contributed by atoms with van der Waals surface area (Å²) in [5.41, 5.74) is 2.89. The van der Waals surface area contributed by atoms with E-state index in [1.807, 2.05) is 6.92 Å². The molecule has 9 nitrogen and oxygen atoms in total. The van der Waals surface area contributed by atoms with Gasteiger partial charge in [-0.2, -0.15) is 9.97 Å². The van der Waals surface area contributed by atoms with Gasteiger partial charge >= 0.3 is 6.01 Å². The Morgan fingerprint density at radius 3 is 2.88 bits per heavy atom. The number of fused-ring (bicyclic) bond motifs is 5. The van der Waals surface area contributed by atoms with E-state index in [1.54, 1.807) is 25.5 Å². The van der Waals surface area contributed by atoms with Crippen LogP contribution in [0, 0.1) is 18.7 Å². The molecule has 6 heterocycles. The number of aromatic nitrogens is 5. The lowest BCUT2D eigenvalue weighted by atomic mass is 9.81. The highest BCUT2D eigenvalue weighted by molar-refractivity contribution is 6.16. The van der Waals surface area contributed by atoms with Crippen LogP contribution in [0.25, 0.3) is 21.9 Å². The largest absolute Gasteiger partial charge is 0.421 e. The Kier molecular flexibility index (Phi) is 3.53. The quantitative estimate of drug-likeness (QED) is 0.454. The molecule has 7 rings (SSSR count). The van der Waals surface area contributed by atoms with Gasteiger partial charge in [0.25, 0.3) is 0 Å². The summed E-state index contributed by atoms with van der Waals surface area (Å²) in [5, 5.41) is 8.38. The summed E-state index contributed by atoms with van der Waals surface area (Å²) in [6.45, 7) is 2.77. The molecular formula is C22H21FN8O. The first-order valence-corrected chi connectivity index (χ1v) is 10.8. The van der Waals surface area contributed by atoms with Crippen molar-refractivity contribution in [1.82, 2.24) is 30.2 Å². The molecule has 1 aromatic carbocycles. The molecule has 3 atom stereocenters. The molecule has 0 amide bonds. The fraction of sp³-hybridized carbons (Fsp3) is 0.364. The highest BCUT2D eigenvalue weighted by atomic mass is 19.1. The Morgan fingerprint density at radius 2 is 2.06 bits per heavy atom. The summed E-state index contributed by atoms with van der Waals surface area (Å²) in [6.07, 6.45) is 5.12. The van der Waals surface area contributed by atoms with E-state index >= 15 is 4.39 Å². The van der Waals surface area contributed by atoms with E-state index in [0.29, 0.717) is 35.2 Å². The Balaban J connectivity index is 1.49. The van der Waals surface area contributed by atoms with Crippen LogP contribution in [0.2, 0.25) is 0 Å².